The van der Waals surface area contributed by atoms with Gasteiger partial charge in [0, 0.05) is 22.7 Å². The van der Waals surface area contributed by atoms with Crippen molar-refractivity contribution in [2.75, 3.05) is 7.11 Å². The van der Waals surface area contributed by atoms with Crippen LogP contribution in [0.2, 0.25) is 5.02 Å². The van der Waals surface area contributed by atoms with Crippen LogP contribution in [0.3, 0.4) is 0 Å². The topological polar surface area (TPSA) is 58.2 Å². The second-order valence-corrected chi connectivity index (χ2v) is 7.98. The Kier molecular flexibility index (Phi) is 5.15. The van der Waals surface area contributed by atoms with Gasteiger partial charge in [0.05, 0.1) is 18.8 Å². The van der Waals surface area contributed by atoms with E-state index in [9.17, 15) is 9.18 Å². The number of nitrogens with zero attached hydrogens (tertiary/aromatic N) is 2. The molecule has 0 saturated carbocycles. The number of benzene rings is 3. The number of rotatable bonds is 5. The van der Waals surface area contributed by atoms with E-state index < -0.39 is 6.04 Å². The van der Waals surface area contributed by atoms with Gasteiger partial charge in [0.2, 0.25) is 0 Å². The minimum absolute atomic E-state index is 0.179. The largest absolute Gasteiger partial charge is 0.497 e. The van der Waals surface area contributed by atoms with Gasteiger partial charge in [0.15, 0.2) is 0 Å². The lowest BCUT2D eigenvalue weighted by molar-refractivity contribution is 0.0730. The van der Waals surface area contributed by atoms with Crippen molar-refractivity contribution in [3.63, 3.8) is 0 Å². The van der Waals surface area contributed by atoms with Crippen LogP contribution in [0.5, 0.6) is 5.75 Å². The van der Waals surface area contributed by atoms with Gasteiger partial charge in [-0.2, -0.15) is 5.10 Å². The van der Waals surface area contributed by atoms with Crippen LogP contribution in [0, 0.1) is 5.82 Å². The monoisotopic (exact) mass is 447 g/mol. The normalized spacial score (nSPS) is 15.2. The molecule has 1 aromatic heterocycles. The van der Waals surface area contributed by atoms with Crippen molar-refractivity contribution in [1.29, 1.82) is 0 Å². The average molecular weight is 448 g/mol. The SMILES string of the molecule is COc1ccc(-c2n[nH]c3c2C(c2ccc(F)cc2)N(Cc2ccccc2Cl)C3=O)cc1. The quantitative estimate of drug-likeness (QED) is 0.431. The molecule has 4 aromatic rings. The van der Waals surface area contributed by atoms with Crippen LogP contribution in [0.25, 0.3) is 11.3 Å². The molecule has 32 heavy (non-hydrogen) atoms. The second-order valence-electron chi connectivity index (χ2n) is 7.57. The Hall–Kier alpha value is -3.64. The van der Waals surface area contributed by atoms with E-state index in [0.29, 0.717) is 23.0 Å². The van der Waals surface area contributed by atoms with Crippen molar-refractivity contribution in [1.82, 2.24) is 15.1 Å². The summed E-state index contributed by atoms with van der Waals surface area (Å²) in [6, 6.07) is 20.7. The molecule has 0 fully saturated rings. The predicted molar refractivity (Wildman–Crippen MR) is 120 cm³/mol. The van der Waals surface area contributed by atoms with Gasteiger partial charge >= 0.3 is 0 Å². The van der Waals surface area contributed by atoms with Crippen molar-refractivity contribution in [3.8, 4) is 17.0 Å². The van der Waals surface area contributed by atoms with Crippen molar-refractivity contribution >= 4 is 17.5 Å². The molecule has 1 amide bonds. The fourth-order valence-corrected chi connectivity index (χ4v) is 4.33. The van der Waals surface area contributed by atoms with Crippen LogP contribution in [-0.4, -0.2) is 28.1 Å². The zero-order chi connectivity index (χ0) is 22.2. The second kappa shape index (κ2) is 8.13. The van der Waals surface area contributed by atoms with Crippen LogP contribution in [-0.2, 0) is 6.54 Å². The van der Waals surface area contributed by atoms with E-state index in [1.807, 2.05) is 42.5 Å². The highest BCUT2D eigenvalue weighted by Crippen LogP contribution is 2.44. The van der Waals surface area contributed by atoms with Gasteiger partial charge in [-0.05, 0) is 53.6 Å². The third kappa shape index (κ3) is 3.42. The van der Waals surface area contributed by atoms with Crippen LogP contribution in [0.4, 0.5) is 4.39 Å². The first kappa shape index (κ1) is 20.3. The van der Waals surface area contributed by atoms with Crippen LogP contribution < -0.4 is 4.74 Å². The molecule has 0 bridgehead atoms. The van der Waals surface area contributed by atoms with E-state index in [-0.39, 0.29) is 11.7 Å². The Balaban J connectivity index is 1.63. The third-order valence-corrected chi connectivity index (χ3v) is 6.08. The molecule has 1 atom stereocenters. The number of halogens is 2. The predicted octanol–water partition coefficient (Wildman–Crippen LogP) is 5.62. The lowest BCUT2D eigenvalue weighted by atomic mass is 9.96. The van der Waals surface area contributed by atoms with Crippen molar-refractivity contribution in [2.24, 2.45) is 0 Å². The van der Waals surface area contributed by atoms with Crippen molar-refractivity contribution in [3.05, 3.63) is 106 Å². The summed E-state index contributed by atoms with van der Waals surface area (Å²) in [6.07, 6.45) is 0. The van der Waals surface area contributed by atoms with E-state index in [1.165, 1.54) is 12.1 Å². The standard InChI is InChI=1S/C25H19ClFN3O2/c1-32-19-12-8-15(9-13-19)22-21-23(29-28-22)25(31)30(14-17-4-2-3-5-20(17)26)24(21)16-6-10-18(27)11-7-16/h2-13,24H,14H2,1H3,(H,28,29). The van der Waals surface area contributed by atoms with Gasteiger partial charge < -0.3 is 9.64 Å². The highest BCUT2D eigenvalue weighted by molar-refractivity contribution is 6.31. The Labute approximate surface area is 189 Å². The Morgan fingerprint density at radius 3 is 2.47 bits per heavy atom. The molecule has 5 rings (SSSR count). The molecule has 1 unspecified atom stereocenters. The van der Waals surface area contributed by atoms with E-state index in [1.54, 1.807) is 30.2 Å². The molecule has 5 nitrogen and oxygen atoms in total. The Morgan fingerprint density at radius 2 is 1.78 bits per heavy atom. The molecule has 7 heteroatoms. The molecule has 1 aliphatic heterocycles. The summed E-state index contributed by atoms with van der Waals surface area (Å²) in [5.74, 6) is 0.215. The number of hydrogen-bond donors (Lipinski definition) is 1. The number of ether oxygens (including phenoxy) is 1. The maximum Gasteiger partial charge on any atom is 0.273 e. The van der Waals surface area contributed by atoms with Gasteiger partial charge in [0.1, 0.15) is 17.3 Å². The van der Waals surface area contributed by atoms with Crippen LogP contribution in [0.15, 0.2) is 72.8 Å². The third-order valence-electron chi connectivity index (χ3n) is 5.71. The van der Waals surface area contributed by atoms with Gasteiger partial charge in [-0.1, -0.05) is 41.9 Å². The number of methoxy groups -OCH3 is 1. The molecule has 0 saturated heterocycles. The highest BCUT2D eigenvalue weighted by Gasteiger charge is 2.42. The first-order valence-corrected chi connectivity index (χ1v) is 10.5. The molecule has 0 aliphatic carbocycles. The lowest BCUT2D eigenvalue weighted by Crippen LogP contribution is -2.29. The fourth-order valence-electron chi connectivity index (χ4n) is 4.13. The summed E-state index contributed by atoms with van der Waals surface area (Å²) in [7, 11) is 1.61. The molecule has 0 radical (unpaired) electrons. The van der Waals surface area contributed by atoms with E-state index in [4.69, 9.17) is 16.3 Å². The number of H-pyrrole nitrogens is 1. The average Bonchev–Trinajstić information content (AvgIpc) is 3.35. The smallest absolute Gasteiger partial charge is 0.273 e. The van der Waals surface area contributed by atoms with Crippen molar-refractivity contribution in [2.45, 2.75) is 12.6 Å². The zero-order valence-electron chi connectivity index (χ0n) is 17.2. The molecule has 0 spiro atoms. The van der Waals surface area contributed by atoms with Gasteiger partial charge in [-0.3, -0.25) is 9.89 Å². The highest BCUT2D eigenvalue weighted by atomic mass is 35.5. The Bertz CT molecular complexity index is 1290. The van der Waals surface area contributed by atoms with E-state index in [2.05, 4.69) is 10.2 Å². The molecular weight excluding hydrogens is 429 g/mol. The summed E-state index contributed by atoms with van der Waals surface area (Å²) >= 11 is 6.39. The summed E-state index contributed by atoms with van der Waals surface area (Å²) in [5.41, 5.74) is 4.34. The first-order valence-electron chi connectivity index (χ1n) is 10.1. The maximum absolute atomic E-state index is 13.7. The number of nitrogens with one attached hydrogen (secondary N) is 1. The van der Waals surface area contributed by atoms with Crippen molar-refractivity contribution < 1.29 is 13.9 Å². The summed E-state index contributed by atoms with van der Waals surface area (Å²) < 4.78 is 18.9. The number of aromatic nitrogens is 2. The van der Waals surface area contributed by atoms with Gasteiger partial charge in [-0.25, -0.2) is 4.39 Å². The maximum atomic E-state index is 13.7. The summed E-state index contributed by atoms with van der Waals surface area (Å²) in [4.78, 5) is 15.2. The van der Waals surface area contributed by atoms with Gasteiger partial charge in [-0.15, -0.1) is 0 Å². The lowest BCUT2D eigenvalue weighted by Gasteiger charge is -2.27. The Morgan fingerprint density at radius 1 is 1.06 bits per heavy atom. The first-order chi connectivity index (χ1) is 15.6. The van der Waals surface area contributed by atoms with Crippen LogP contribution in [0.1, 0.15) is 33.2 Å². The minimum atomic E-state index is -0.440. The number of aromatic amines is 1. The van der Waals surface area contributed by atoms with E-state index in [0.717, 1.165) is 28.0 Å². The molecule has 2 heterocycles. The summed E-state index contributed by atoms with van der Waals surface area (Å²) in [6.45, 7) is 0.311. The van der Waals surface area contributed by atoms with Gasteiger partial charge in [0.25, 0.3) is 5.91 Å². The zero-order valence-corrected chi connectivity index (χ0v) is 17.9. The summed E-state index contributed by atoms with van der Waals surface area (Å²) in [5, 5.41) is 7.96. The minimum Gasteiger partial charge on any atom is -0.497 e. The number of carbonyl (C=O) groups is 1. The fraction of sp³-hybridized carbons (Fsp3) is 0.120. The number of fused-ring (bicyclic) bond motifs is 1. The van der Waals surface area contributed by atoms with E-state index >= 15 is 0 Å². The van der Waals surface area contributed by atoms with Crippen LogP contribution >= 0.6 is 11.6 Å². The number of carbonyl (C=O) groups excluding carboxylic acids is 1. The molecule has 1 aliphatic rings. The number of hydrogen-bond acceptors (Lipinski definition) is 3. The molecule has 160 valence electrons. The number of amides is 1. The molecular formula is C25H19ClFN3O2. The molecule has 3 aromatic carbocycles. The molecule has 1 N–H and O–H groups in total.